The molecule has 1 saturated heterocycles. The summed E-state index contributed by atoms with van der Waals surface area (Å²) in [5.41, 5.74) is 0.117. The van der Waals surface area contributed by atoms with E-state index in [2.05, 4.69) is 22.1 Å². The smallest absolute Gasteiger partial charge is 0.355 e. The van der Waals surface area contributed by atoms with Gasteiger partial charge in [-0.15, -0.1) is 11.3 Å². The number of hydrogen-bond donors (Lipinski definition) is 2. The fourth-order valence-corrected chi connectivity index (χ4v) is 2.69. The molecule has 0 spiro atoms. The lowest BCUT2D eigenvalue weighted by molar-refractivity contribution is 0.0691. The molecule has 1 unspecified atom stereocenters. The van der Waals surface area contributed by atoms with Crippen molar-refractivity contribution in [3.8, 4) is 0 Å². The summed E-state index contributed by atoms with van der Waals surface area (Å²) in [6, 6.07) is 0.467. The first-order valence-electron chi connectivity index (χ1n) is 5.83. The third-order valence-electron chi connectivity index (χ3n) is 3.04. The minimum Gasteiger partial charge on any atom is -0.476 e. The van der Waals surface area contributed by atoms with Crippen molar-refractivity contribution in [2.45, 2.75) is 25.8 Å². The predicted molar refractivity (Wildman–Crippen MR) is 67.8 cm³/mol. The van der Waals surface area contributed by atoms with Crippen LogP contribution in [0.2, 0.25) is 0 Å². The molecule has 0 aliphatic carbocycles. The second-order valence-electron chi connectivity index (χ2n) is 4.32. The first-order valence-corrected chi connectivity index (χ1v) is 6.71. The maximum absolute atomic E-state index is 10.7. The number of anilines is 1. The number of hydrogen-bond acceptors (Lipinski definition) is 5. The third-order valence-corrected chi connectivity index (χ3v) is 3.84. The van der Waals surface area contributed by atoms with Gasteiger partial charge < -0.3 is 10.4 Å². The Morgan fingerprint density at radius 1 is 1.65 bits per heavy atom. The molecule has 0 aromatic carbocycles. The summed E-state index contributed by atoms with van der Waals surface area (Å²) in [4.78, 5) is 17.1. The molecule has 94 valence electrons. The van der Waals surface area contributed by atoms with E-state index >= 15 is 0 Å². The summed E-state index contributed by atoms with van der Waals surface area (Å²) in [5, 5.41) is 14.2. The summed E-state index contributed by atoms with van der Waals surface area (Å²) in [7, 11) is 0. The normalized spacial score (nSPS) is 18.2. The average molecular weight is 255 g/mol. The zero-order valence-corrected chi connectivity index (χ0v) is 10.7. The van der Waals surface area contributed by atoms with Crippen molar-refractivity contribution < 1.29 is 9.90 Å². The minimum absolute atomic E-state index is 0.117. The lowest BCUT2D eigenvalue weighted by Gasteiger charge is -2.23. The summed E-state index contributed by atoms with van der Waals surface area (Å²) in [5.74, 6) is -0.970. The van der Waals surface area contributed by atoms with Crippen molar-refractivity contribution in [2.24, 2.45) is 0 Å². The van der Waals surface area contributed by atoms with Crippen LogP contribution in [0.15, 0.2) is 5.38 Å². The van der Waals surface area contributed by atoms with Gasteiger partial charge in [-0.3, -0.25) is 4.90 Å². The molecule has 6 heteroatoms. The van der Waals surface area contributed by atoms with Gasteiger partial charge in [-0.05, 0) is 32.9 Å². The topological polar surface area (TPSA) is 65.5 Å². The number of carboxylic acids is 1. The molecule has 1 aliphatic rings. The number of rotatable bonds is 5. The fraction of sp³-hybridized carbons (Fsp3) is 0.636. The van der Waals surface area contributed by atoms with E-state index in [-0.39, 0.29) is 5.69 Å². The van der Waals surface area contributed by atoms with Crippen molar-refractivity contribution in [1.82, 2.24) is 9.88 Å². The van der Waals surface area contributed by atoms with Gasteiger partial charge in [0.25, 0.3) is 0 Å². The van der Waals surface area contributed by atoms with Crippen molar-refractivity contribution >= 4 is 22.4 Å². The van der Waals surface area contributed by atoms with Crippen molar-refractivity contribution in [3.05, 3.63) is 11.1 Å². The molecular weight excluding hydrogens is 238 g/mol. The van der Waals surface area contributed by atoms with Gasteiger partial charge in [-0.25, -0.2) is 9.78 Å². The van der Waals surface area contributed by atoms with Crippen LogP contribution in [0.1, 0.15) is 30.3 Å². The van der Waals surface area contributed by atoms with Crippen LogP contribution in [0.4, 0.5) is 5.13 Å². The molecule has 2 heterocycles. The number of nitrogens with one attached hydrogen (secondary N) is 1. The molecule has 2 rings (SSSR count). The summed E-state index contributed by atoms with van der Waals surface area (Å²) >= 11 is 1.34. The van der Waals surface area contributed by atoms with Gasteiger partial charge in [-0.1, -0.05) is 0 Å². The molecule has 1 atom stereocenters. The second-order valence-corrected chi connectivity index (χ2v) is 5.17. The standard InChI is InChI=1S/C11H17N3O2S/c1-8(14-4-2-3-5-14)6-12-11-13-9(7-17-11)10(15)16/h7-8H,2-6H2,1H3,(H,12,13)(H,15,16). The number of nitrogens with zero attached hydrogens (tertiary/aromatic N) is 2. The lowest BCUT2D eigenvalue weighted by atomic mass is 10.3. The Kier molecular flexibility index (Phi) is 3.96. The highest BCUT2D eigenvalue weighted by Crippen LogP contribution is 2.17. The van der Waals surface area contributed by atoms with Gasteiger partial charge in [0.15, 0.2) is 10.8 Å². The Bertz CT molecular complexity index is 388. The van der Waals surface area contributed by atoms with Crippen LogP contribution in [-0.2, 0) is 0 Å². The first kappa shape index (κ1) is 12.3. The minimum atomic E-state index is -0.970. The zero-order valence-electron chi connectivity index (χ0n) is 9.85. The zero-order chi connectivity index (χ0) is 12.3. The maximum atomic E-state index is 10.7. The molecule has 2 N–H and O–H groups in total. The van der Waals surface area contributed by atoms with Gasteiger partial charge in [-0.2, -0.15) is 0 Å². The van der Waals surface area contributed by atoms with Gasteiger partial charge >= 0.3 is 5.97 Å². The third kappa shape index (κ3) is 3.17. The Morgan fingerprint density at radius 3 is 2.94 bits per heavy atom. The summed E-state index contributed by atoms with van der Waals surface area (Å²) in [6.45, 7) is 5.33. The average Bonchev–Trinajstić information content (AvgIpc) is 2.97. The molecule has 1 aromatic rings. The maximum Gasteiger partial charge on any atom is 0.355 e. The van der Waals surface area contributed by atoms with Crippen molar-refractivity contribution in [1.29, 1.82) is 0 Å². The van der Waals surface area contributed by atoms with Gasteiger partial charge in [0, 0.05) is 18.0 Å². The molecule has 0 radical (unpaired) electrons. The van der Waals surface area contributed by atoms with Crippen LogP contribution in [0.25, 0.3) is 0 Å². The second kappa shape index (κ2) is 5.46. The Labute approximate surface area is 104 Å². The number of aromatic nitrogens is 1. The quantitative estimate of drug-likeness (QED) is 0.839. The van der Waals surface area contributed by atoms with Gasteiger partial charge in [0.2, 0.25) is 0 Å². The fourth-order valence-electron chi connectivity index (χ4n) is 2.00. The number of carboxylic acid groups (broad SMARTS) is 1. The van der Waals surface area contributed by atoms with Crippen LogP contribution in [-0.4, -0.2) is 46.6 Å². The predicted octanol–water partition coefficient (Wildman–Crippen LogP) is 1.74. The van der Waals surface area contributed by atoms with Crippen LogP contribution in [0.3, 0.4) is 0 Å². The van der Waals surface area contributed by atoms with Crippen LogP contribution >= 0.6 is 11.3 Å². The highest BCUT2D eigenvalue weighted by molar-refractivity contribution is 7.13. The number of carbonyl (C=O) groups is 1. The van der Waals surface area contributed by atoms with E-state index in [9.17, 15) is 4.79 Å². The molecule has 1 aromatic heterocycles. The molecule has 0 bridgehead atoms. The number of likely N-dealkylation sites (tertiary alicyclic amines) is 1. The molecular formula is C11H17N3O2S. The van der Waals surface area contributed by atoms with E-state index in [1.807, 2.05) is 0 Å². The van der Waals surface area contributed by atoms with Crippen molar-refractivity contribution in [3.63, 3.8) is 0 Å². The molecule has 5 nitrogen and oxygen atoms in total. The molecule has 0 saturated carbocycles. The van der Waals surface area contributed by atoms with E-state index in [1.165, 1.54) is 37.3 Å². The van der Waals surface area contributed by atoms with Crippen LogP contribution < -0.4 is 5.32 Å². The molecule has 1 fully saturated rings. The number of thiazole rings is 1. The van der Waals surface area contributed by atoms with Crippen molar-refractivity contribution in [2.75, 3.05) is 25.0 Å². The molecule has 1 aliphatic heterocycles. The summed E-state index contributed by atoms with van der Waals surface area (Å²) < 4.78 is 0. The summed E-state index contributed by atoms with van der Waals surface area (Å²) in [6.07, 6.45) is 2.56. The SMILES string of the molecule is CC(CNc1nc(C(=O)O)cs1)N1CCCC1. The first-order chi connectivity index (χ1) is 8.16. The molecule has 17 heavy (non-hydrogen) atoms. The van der Waals surface area contributed by atoms with E-state index in [0.717, 1.165) is 6.54 Å². The Morgan fingerprint density at radius 2 is 2.35 bits per heavy atom. The van der Waals surface area contributed by atoms with Crippen LogP contribution in [0, 0.1) is 0 Å². The van der Waals surface area contributed by atoms with Gasteiger partial charge in [0.05, 0.1) is 0 Å². The highest BCUT2D eigenvalue weighted by Gasteiger charge is 2.18. The molecule has 0 amide bonds. The Balaban J connectivity index is 1.82. The van der Waals surface area contributed by atoms with E-state index in [0.29, 0.717) is 11.2 Å². The van der Waals surface area contributed by atoms with Crippen LogP contribution in [0.5, 0.6) is 0 Å². The highest BCUT2D eigenvalue weighted by atomic mass is 32.1. The lowest BCUT2D eigenvalue weighted by Crippen LogP contribution is -2.35. The Hall–Kier alpha value is -1.14. The monoisotopic (exact) mass is 255 g/mol. The van der Waals surface area contributed by atoms with Gasteiger partial charge in [0.1, 0.15) is 0 Å². The number of aromatic carboxylic acids is 1. The van der Waals surface area contributed by atoms with E-state index in [4.69, 9.17) is 5.11 Å². The largest absolute Gasteiger partial charge is 0.476 e. The van der Waals surface area contributed by atoms with E-state index < -0.39 is 5.97 Å². The van der Waals surface area contributed by atoms with E-state index in [1.54, 1.807) is 5.38 Å².